The molecule has 3 aromatic rings. The molecule has 3 aliphatic carbocycles. The Morgan fingerprint density at radius 3 is 2.00 bits per heavy atom. The number of anilines is 2. The molecule has 3 aromatic carbocycles. The summed E-state index contributed by atoms with van der Waals surface area (Å²) in [6.45, 7) is 4.53. The van der Waals surface area contributed by atoms with E-state index in [0.717, 1.165) is 37.1 Å². The zero-order valence-electron chi connectivity index (χ0n) is 24.1. The van der Waals surface area contributed by atoms with Gasteiger partial charge in [0.1, 0.15) is 0 Å². The first-order valence-corrected chi connectivity index (χ1v) is 14.8. The Morgan fingerprint density at radius 1 is 0.732 bits per heavy atom. The molecule has 0 atom stereocenters. The monoisotopic (exact) mass is 531 g/mol. The maximum atomic E-state index is 2.43. The van der Waals surface area contributed by atoms with Gasteiger partial charge < -0.3 is 4.90 Å². The van der Waals surface area contributed by atoms with Crippen LogP contribution in [0.25, 0.3) is 11.3 Å². The van der Waals surface area contributed by atoms with E-state index in [-0.39, 0.29) is 0 Å². The molecule has 0 saturated carbocycles. The van der Waals surface area contributed by atoms with Crippen molar-refractivity contribution in [3.05, 3.63) is 178 Å². The molecule has 0 heterocycles. The van der Waals surface area contributed by atoms with Crippen LogP contribution in [0.5, 0.6) is 0 Å². The second-order valence-corrected chi connectivity index (χ2v) is 10.8. The lowest BCUT2D eigenvalue weighted by Crippen LogP contribution is -2.34. The molecule has 1 heteroatoms. The Morgan fingerprint density at radius 2 is 1.37 bits per heavy atom. The third-order valence-corrected chi connectivity index (χ3v) is 8.09. The number of benzene rings is 3. The molecule has 0 saturated heterocycles. The minimum absolute atomic E-state index is 0.867. The number of allylic oxidation sites excluding steroid dienone is 13. The van der Waals surface area contributed by atoms with E-state index in [4.69, 9.17) is 0 Å². The summed E-state index contributed by atoms with van der Waals surface area (Å²) in [7, 11) is 0. The van der Waals surface area contributed by atoms with Gasteiger partial charge in [-0.3, -0.25) is 0 Å². The Hall–Kier alpha value is -4.62. The molecule has 0 spiro atoms. The predicted molar refractivity (Wildman–Crippen MR) is 176 cm³/mol. The quantitative estimate of drug-likeness (QED) is 0.275. The van der Waals surface area contributed by atoms with Crippen LogP contribution in [-0.2, 0) is 0 Å². The summed E-state index contributed by atoms with van der Waals surface area (Å²) in [6.07, 6.45) is 24.8. The number of hydrogen-bond donors (Lipinski definition) is 0. The van der Waals surface area contributed by atoms with Gasteiger partial charge in [-0.15, -0.1) is 0 Å². The molecular formula is C40H37N. The average Bonchev–Trinajstić information content (AvgIpc) is 3.35. The van der Waals surface area contributed by atoms with Crippen LogP contribution in [0, 0.1) is 0 Å². The highest BCUT2D eigenvalue weighted by atomic mass is 15.2. The van der Waals surface area contributed by atoms with E-state index in [1.807, 2.05) is 0 Å². The molecule has 0 radical (unpaired) electrons. The number of para-hydroxylation sites is 2. The van der Waals surface area contributed by atoms with Gasteiger partial charge in [0.05, 0.1) is 5.70 Å². The van der Waals surface area contributed by atoms with Crippen molar-refractivity contribution in [3.63, 3.8) is 0 Å². The van der Waals surface area contributed by atoms with Gasteiger partial charge in [-0.1, -0.05) is 122 Å². The standard InChI is InChI=1S/C40H37N/c1-3-31(32-17-7-4-8-18-32)28-27-30(2)39-33-19-13-14-20-34(29-33)40(38-26-16-15-25-37(38)39)41(35-21-9-5-10-22-35)36-23-11-6-12-24-36/h5-7,9-28H,3-4,8,29H2,1-2H3/b30-27+,31-28+. The summed E-state index contributed by atoms with van der Waals surface area (Å²) in [4.78, 5) is 2.43. The van der Waals surface area contributed by atoms with Crippen molar-refractivity contribution in [2.45, 2.75) is 39.5 Å². The summed E-state index contributed by atoms with van der Waals surface area (Å²) in [5.74, 6) is 0. The van der Waals surface area contributed by atoms with Gasteiger partial charge in [0.2, 0.25) is 0 Å². The molecule has 2 bridgehead atoms. The normalized spacial score (nSPS) is 16.8. The van der Waals surface area contributed by atoms with Crippen LogP contribution in [0.2, 0.25) is 0 Å². The van der Waals surface area contributed by atoms with Gasteiger partial charge in [-0.25, -0.2) is 0 Å². The second-order valence-electron chi connectivity index (χ2n) is 10.8. The number of hydrogen-bond acceptors (Lipinski definition) is 1. The molecule has 6 rings (SSSR count). The lowest BCUT2D eigenvalue weighted by molar-refractivity contribution is 1.00. The van der Waals surface area contributed by atoms with E-state index >= 15 is 0 Å². The van der Waals surface area contributed by atoms with Gasteiger partial charge in [0.25, 0.3) is 0 Å². The van der Waals surface area contributed by atoms with Crippen LogP contribution in [0.4, 0.5) is 11.4 Å². The third kappa shape index (κ3) is 5.54. The van der Waals surface area contributed by atoms with E-state index in [1.165, 1.54) is 49.6 Å². The molecule has 0 amide bonds. The first-order chi connectivity index (χ1) is 20.2. The lowest BCUT2D eigenvalue weighted by Gasteiger charge is -2.29. The zero-order valence-corrected chi connectivity index (χ0v) is 24.1. The van der Waals surface area contributed by atoms with Crippen molar-refractivity contribution in [2.75, 3.05) is 4.90 Å². The van der Waals surface area contributed by atoms with E-state index in [1.54, 1.807) is 0 Å². The fourth-order valence-electron chi connectivity index (χ4n) is 6.12. The lowest BCUT2D eigenvalue weighted by atomic mass is 9.91. The Balaban J connectivity index is 1.64. The Labute approximate surface area is 244 Å². The van der Waals surface area contributed by atoms with E-state index in [2.05, 4.69) is 158 Å². The van der Waals surface area contributed by atoms with Crippen molar-refractivity contribution in [1.29, 1.82) is 0 Å². The SMILES string of the molecule is CC/C(=C\C=C(/C)C1=c2ccccc2=C(N(c2ccccc2)c2ccccc2)C2=CC=CC=C1C2)C1=CCCC=C1. The van der Waals surface area contributed by atoms with E-state index in [0.29, 0.717) is 0 Å². The molecule has 3 aliphatic rings. The van der Waals surface area contributed by atoms with Gasteiger partial charge in [-0.2, -0.15) is 0 Å². The minimum atomic E-state index is 0.867. The highest BCUT2D eigenvalue weighted by Crippen LogP contribution is 2.38. The molecule has 1 nitrogen and oxygen atoms in total. The summed E-state index contributed by atoms with van der Waals surface area (Å²) in [6, 6.07) is 30.5. The largest absolute Gasteiger partial charge is 0.310 e. The first-order valence-electron chi connectivity index (χ1n) is 14.8. The minimum Gasteiger partial charge on any atom is -0.310 e. The fourth-order valence-corrected chi connectivity index (χ4v) is 6.12. The summed E-state index contributed by atoms with van der Waals surface area (Å²) >= 11 is 0. The van der Waals surface area contributed by atoms with Crippen molar-refractivity contribution >= 4 is 22.6 Å². The molecule has 0 aromatic heterocycles. The third-order valence-electron chi connectivity index (χ3n) is 8.09. The number of rotatable bonds is 7. The van der Waals surface area contributed by atoms with Gasteiger partial charge in [-0.05, 0) is 89.1 Å². The summed E-state index contributed by atoms with van der Waals surface area (Å²) in [5, 5.41) is 2.53. The highest BCUT2D eigenvalue weighted by Gasteiger charge is 2.25. The van der Waals surface area contributed by atoms with Crippen LogP contribution in [0.3, 0.4) is 0 Å². The first kappa shape index (κ1) is 26.6. The average molecular weight is 532 g/mol. The van der Waals surface area contributed by atoms with E-state index < -0.39 is 0 Å². The van der Waals surface area contributed by atoms with Crippen molar-refractivity contribution < 1.29 is 0 Å². The molecule has 0 N–H and O–H groups in total. The maximum Gasteiger partial charge on any atom is 0.0575 e. The zero-order chi connectivity index (χ0) is 28.0. The summed E-state index contributed by atoms with van der Waals surface area (Å²) in [5.41, 5.74) is 11.6. The van der Waals surface area contributed by atoms with E-state index in [9.17, 15) is 0 Å². The molecule has 0 fully saturated rings. The highest BCUT2D eigenvalue weighted by molar-refractivity contribution is 5.92. The Kier molecular flexibility index (Phi) is 7.96. The molecular weight excluding hydrogens is 494 g/mol. The maximum absolute atomic E-state index is 2.43. The second kappa shape index (κ2) is 12.3. The topological polar surface area (TPSA) is 3.24 Å². The van der Waals surface area contributed by atoms with Crippen molar-refractivity contribution in [3.8, 4) is 0 Å². The number of nitrogens with zero attached hydrogens (tertiary/aromatic N) is 1. The molecule has 0 unspecified atom stereocenters. The fraction of sp³-hybridized carbons (Fsp3) is 0.150. The van der Waals surface area contributed by atoms with Gasteiger partial charge in [0.15, 0.2) is 0 Å². The predicted octanol–water partition coefficient (Wildman–Crippen LogP) is 9.17. The van der Waals surface area contributed by atoms with Crippen LogP contribution in [-0.4, -0.2) is 0 Å². The summed E-state index contributed by atoms with van der Waals surface area (Å²) < 4.78 is 0. The van der Waals surface area contributed by atoms with Crippen LogP contribution in [0.15, 0.2) is 167 Å². The molecule has 0 aliphatic heterocycles. The van der Waals surface area contributed by atoms with Crippen LogP contribution in [0.1, 0.15) is 39.5 Å². The van der Waals surface area contributed by atoms with Crippen molar-refractivity contribution in [1.82, 2.24) is 0 Å². The smallest absolute Gasteiger partial charge is 0.0575 e. The Bertz CT molecular complexity index is 1730. The van der Waals surface area contributed by atoms with Crippen LogP contribution >= 0.6 is 0 Å². The van der Waals surface area contributed by atoms with Crippen molar-refractivity contribution in [2.24, 2.45) is 0 Å². The molecule has 41 heavy (non-hydrogen) atoms. The molecule has 202 valence electrons. The van der Waals surface area contributed by atoms with Crippen LogP contribution < -0.4 is 15.3 Å². The van der Waals surface area contributed by atoms with Gasteiger partial charge in [0, 0.05) is 23.0 Å². The van der Waals surface area contributed by atoms with Gasteiger partial charge >= 0.3 is 0 Å². The number of fused-ring (bicyclic) bond motifs is 3.